The monoisotopic (exact) mass is 352 g/mol. The van der Waals surface area contributed by atoms with Gasteiger partial charge in [-0.3, -0.25) is 4.79 Å². The number of amides is 1. The molecule has 3 heterocycles. The minimum absolute atomic E-state index is 0.0424. The lowest BCUT2D eigenvalue weighted by Gasteiger charge is -2.36. The van der Waals surface area contributed by atoms with Gasteiger partial charge in [0.05, 0.1) is 0 Å². The Hall–Kier alpha value is -2.60. The fraction of sp³-hybridized carbons (Fsp3) is 0.400. The summed E-state index contributed by atoms with van der Waals surface area (Å²) in [6.45, 7) is 4.50. The Bertz CT molecular complexity index is 721. The molecule has 1 unspecified atom stereocenters. The summed E-state index contributed by atoms with van der Waals surface area (Å²) >= 11 is 0. The zero-order valence-electron chi connectivity index (χ0n) is 14.8. The number of anilines is 3. The largest absolute Gasteiger partial charge is 0.368 e. The zero-order valence-corrected chi connectivity index (χ0v) is 14.8. The summed E-state index contributed by atoms with van der Waals surface area (Å²) < 4.78 is 5.42. The van der Waals surface area contributed by atoms with E-state index >= 15 is 0 Å². The predicted octanol–water partition coefficient (Wildman–Crippen LogP) is 2.53. The first-order chi connectivity index (χ1) is 12.8. The third kappa shape index (κ3) is 3.80. The summed E-state index contributed by atoms with van der Waals surface area (Å²) in [6, 6.07) is 14.1. The van der Waals surface area contributed by atoms with Crippen molar-refractivity contribution in [3.05, 3.63) is 48.7 Å². The Morgan fingerprint density at radius 1 is 1.04 bits per heavy atom. The van der Waals surface area contributed by atoms with Crippen molar-refractivity contribution in [2.24, 2.45) is 0 Å². The average molecular weight is 352 g/mol. The summed E-state index contributed by atoms with van der Waals surface area (Å²) in [5.41, 5.74) is 2.00. The molecular formula is C20H24N4O2. The molecule has 6 nitrogen and oxygen atoms in total. The number of piperazine rings is 1. The van der Waals surface area contributed by atoms with Crippen LogP contribution in [0.3, 0.4) is 0 Å². The maximum absolute atomic E-state index is 12.1. The van der Waals surface area contributed by atoms with E-state index in [-0.39, 0.29) is 12.0 Å². The van der Waals surface area contributed by atoms with Crippen LogP contribution in [-0.4, -0.2) is 49.8 Å². The fourth-order valence-corrected chi connectivity index (χ4v) is 3.50. The Morgan fingerprint density at radius 2 is 1.81 bits per heavy atom. The quantitative estimate of drug-likeness (QED) is 0.916. The first kappa shape index (κ1) is 16.8. The van der Waals surface area contributed by atoms with Crippen LogP contribution in [0.4, 0.5) is 17.2 Å². The molecular weight excluding hydrogens is 328 g/mol. The van der Waals surface area contributed by atoms with Crippen LogP contribution in [0.1, 0.15) is 12.8 Å². The van der Waals surface area contributed by atoms with Crippen molar-refractivity contribution in [3.63, 3.8) is 0 Å². The van der Waals surface area contributed by atoms with Crippen LogP contribution >= 0.6 is 0 Å². The molecule has 136 valence electrons. The standard InChI is InChI=1S/C20H24N4O2/c25-20(18-4-3-15-26-18)22-16-6-8-17(9-7-16)23-11-13-24(14-12-23)19-5-1-2-10-21-19/h1-2,5-10,18H,3-4,11-15H2,(H,22,25). The highest BCUT2D eigenvalue weighted by molar-refractivity contribution is 5.94. The molecule has 26 heavy (non-hydrogen) atoms. The van der Waals surface area contributed by atoms with Gasteiger partial charge in [-0.25, -0.2) is 4.98 Å². The number of pyridine rings is 1. The topological polar surface area (TPSA) is 57.7 Å². The van der Waals surface area contributed by atoms with Crippen LogP contribution in [0.2, 0.25) is 0 Å². The number of hydrogen-bond donors (Lipinski definition) is 1. The number of nitrogens with one attached hydrogen (secondary N) is 1. The molecule has 4 rings (SSSR count). The van der Waals surface area contributed by atoms with Crippen molar-refractivity contribution >= 4 is 23.1 Å². The molecule has 1 aromatic heterocycles. The van der Waals surface area contributed by atoms with Crippen LogP contribution in [0.15, 0.2) is 48.7 Å². The number of carbonyl (C=O) groups is 1. The molecule has 6 heteroatoms. The molecule has 1 amide bonds. The smallest absolute Gasteiger partial charge is 0.253 e. The van der Waals surface area contributed by atoms with E-state index < -0.39 is 0 Å². The van der Waals surface area contributed by atoms with Crippen LogP contribution in [-0.2, 0) is 9.53 Å². The number of benzene rings is 1. The highest BCUT2D eigenvalue weighted by atomic mass is 16.5. The first-order valence-corrected chi connectivity index (χ1v) is 9.23. The molecule has 0 radical (unpaired) electrons. The molecule has 0 bridgehead atoms. The molecule has 0 spiro atoms. The third-order valence-electron chi connectivity index (χ3n) is 4.98. The minimum Gasteiger partial charge on any atom is -0.368 e. The molecule has 2 saturated heterocycles. The van der Waals surface area contributed by atoms with E-state index in [1.807, 2.05) is 30.5 Å². The van der Waals surface area contributed by atoms with E-state index in [2.05, 4.69) is 38.3 Å². The van der Waals surface area contributed by atoms with E-state index in [0.29, 0.717) is 6.61 Å². The number of rotatable bonds is 4. The molecule has 2 fully saturated rings. The van der Waals surface area contributed by atoms with Crippen LogP contribution in [0, 0.1) is 0 Å². The molecule has 1 N–H and O–H groups in total. The first-order valence-electron chi connectivity index (χ1n) is 9.23. The van der Waals surface area contributed by atoms with Gasteiger partial charge in [-0.2, -0.15) is 0 Å². The van der Waals surface area contributed by atoms with Gasteiger partial charge in [-0.15, -0.1) is 0 Å². The van der Waals surface area contributed by atoms with E-state index in [1.54, 1.807) is 0 Å². The second kappa shape index (κ2) is 7.74. The van der Waals surface area contributed by atoms with Gasteiger partial charge < -0.3 is 19.9 Å². The van der Waals surface area contributed by atoms with Crippen molar-refractivity contribution < 1.29 is 9.53 Å². The second-order valence-electron chi connectivity index (χ2n) is 6.70. The average Bonchev–Trinajstić information content (AvgIpc) is 3.25. The van der Waals surface area contributed by atoms with Crippen LogP contribution < -0.4 is 15.1 Å². The normalized spacial score (nSPS) is 20.2. The van der Waals surface area contributed by atoms with Gasteiger partial charge in [-0.1, -0.05) is 6.07 Å². The highest BCUT2D eigenvalue weighted by Gasteiger charge is 2.23. The maximum Gasteiger partial charge on any atom is 0.253 e. The molecule has 0 aliphatic carbocycles. The molecule has 2 aliphatic heterocycles. The van der Waals surface area contributed by atoms with Gasteiger partial charge in [0, 0.05) is 50.4 Å². The van der Waals surface area contributed by atoms with Crippen molar-refractivity contribution in [2.75, 3.05) is 47.9 Å². The van der Waals surface area contributed by atoms with Gasteiger partial charge in [0.1, 0.15) is 11.9 Å². The summed E-state index contributed by atoms with van der Waals surface area (Å²) in [5, 5.41) is 2.94. The second-order valence-corrected chi connectivity index (χ2v) is 6.70. The number of aromatic nitrogens is 1. The van der Waals surface area contributed by atoms with Crippen LogP contribution in [0.25, 0.3) is 0 Å². The summed E-state index contributed by atoms with van der Waals surface area (Å²) in [5.74, 6) is 0.999. The Labute approximate surface area is 153 Å². The van der Waals surface area contributed by atoms with Crippen molar-refractivity contribution in [1.29, 1.82) is 0 Å². The van der Waals surface area contributed by atoms with Gasteiger partial charge in [-0.05, 0) is 49.2 Å². The van der Waals surface area contributed by atoms with Crippen molar-refractivity contribution in [3.8, 4) is 0 Å². The molecule has 1 atom stereocenters. The predicted molar refractivity (Wildman–Crippen MR) is 103 cm³/mol. The van der Waals surface area contributed by atoms with Gasteiger partial charge in [0.25, 0.3) is 5.91 Å². The number of carbonyl (C=O) groups excluding carboxylic acids is 1. The Kier molecular flexibility index (Phi) is 5.02. The zero-order chi connectivity index (χ0) is 17.8. The Balaban J connectivity index is 1.32. The van der Waals surface area contributed by atoms with E-state index in [1.165, 1.54) is 5.69 Å². The van der Waals surface area contributed by atoms with Gasteiger partial charge >= 0.3 is 0 Å². The number of nitrogens with zero attached hydrogens (tertiary/aromatic N) is 3. The molecule has 0 saturated carbocycles. The highest BCUT2D eigenvalue weighted by Crippen LogP contribution is 2.22. The van der Waals surface area contributed by atoms with Crippen molar-refractivity contribution in [1.82, 2.24) is 4.98 Å². The summed E-state index contributed by atoms with van der Waals surface area (Å²) in [6.07, 6.45) is 3.31. The lowest BCUT2D eigenvalue weighted by molar-refractivity contribution is -0.124. The Morgan fingerprint density at radius 3 is 2.46 bits per heavy atom. The maximum atomic E-state index is 12.1. The van der Waals surface area contributed by atoms with Gasteiger partial charge in [0.15, 0.2) is 0 Å². The molecule has 1 aromatic carbocycles. The van der Waals surface area contributed by atoms with Gasteiger partial charge in [0.2, 0.25) is 0 Å². The van der Waals surface area contributed by atoms with E-state index in [9.17, 15) is 4.79 Å². The summed E-state index contributed by atoms with van der Waals surface area (Å²) in [7, 11) is 0. The third-order valence-corrected chi connectivity index (χ3v) is 4.98. The molecule has 2 aromatic rings. The van der Waals surface area contributed by atoms with Crippen molar-refractivity contribution in [2.45, 2.75) is 18.9 Å². The minimum atomic E-state index is -0.297. The molecule has 2 aliphatic rings. The van der Waals surface area contributed by atoms with E-state index in [4.69, 9.17) is 4.74 Å². The number of hydrogen-bond acceptors (Lipinski definition) is 5. The fourth-order valence-electron chi connectivity index (χ4n) is 3.50. The number of ether oxygens (including phenoxy) is 1. The van der Waals surface area contributed by atoms with E-state index in [0.717, 1.165) is 50.5 Å². The lowest BCUT2D eigenvalue weighted by atomic mass is 10.2. The van der Waals surface area contributed by atoms with Crippen LogP contribution in [0.5, 0.6) is 0 Å². The lowest BCUT2D eigenvalue weighted by Crippen LogP contribution is -2.46. The SMILES string of the molecule is O=C(Nc1ccc(N2CCN(c3ccccn3)CC2)cc1)C1CCCO1. The summed E-state index contributed by atoms with van der Waals surface area (Å²) in [4.78, 5) is 21.2.